The van der Waals surface area contributed by atoms with Crippen molar-refractivity contribution in [1.82, 2.24) is 24.6 Å². The van der Waals surface area contributed by atoms with Crippen LogP contribution in [0, 0.1) is 5.82 Å². The van der Waals surface area contributed by atoms with Gasteiger partial charge in [0.15, 0.2) is 5.65 Å². The molecule has 1 amide bonds. The van der Waals surface area contributed by atoms with Gasteiger partial charge in [0.25, 0.3) is 5.91 Å². The van der Waals surface area contributed by atoms with Crippen LogP contribution in [0.1, 0.15) is 39.7 Å². The maximum atomic E-state index is 14.4. The smallest absolute Gasteiger partial charge is 0.416 e. The van der Waals surface area contributed by atoms with Gasteiger partial charge in [0, 0.05) is 30.1 Å². The maximum Gasteiger partial charge on any atom is 0.416 e. The number of aromatic nitrogens is 4. The fourth-order valence-corrected chi connectivity index (χ4v) is 6.15. The predicted molar refractivity (Wildman–Crippen MR) is 159 cm³/mol. The molecule has 4 heterocycles. The van der Waals surface area contributed by atoms with Gasteiger partial charge in [-0.3, -0.25) is 9.69 Å². The first-order valence-electron chi connectivity index (χ1n) is 13.7. The summed E-state index contributed by atoms with van der Waals surface area (Å²) in [7, 11) is 1.39. The molecule has 0 unspecified atom stereocenters. The zero-order valence-corrected chi connectivity index (χ0v) is 24.3. The van der Waals surface area contributed by atoms with Crippen LogP contribution < -0.4 is 15.8 Å². The third-order valence-corrected chi connectivity index (χ3v) is 8.51. The Morgan fingerprint density at radius 2 is 1.93 bits per heavy atom. The molecule has 44 heavy (non-hydrogen) atoms. The minimum absolute atomic E-state index is 0.0965. The number of halogens is 4. The number of carbonyl (C=O) groups is 1. The maximum absolute atomic E-state index is 14.4. The van der Waals surface area contributed by atoms with Gasteiger partial charge >= 0.3 is 6.18 Å². The summed E-state index contributed by atoms with van der Waals surface area (Å²) in [4.78, 5) is 25.2. The molecule has 0 spiro atoms. The number of ether oxygens (including phenoxy) is 1. The second-order valence-corrected chi connectivity index (χ2v) is 11.4. The van der Waals surface area contributed by atoms with Crippen molar-refractivity contribution in [1.29, 1.82) is 0 Å². The number of methoxy groups -OCH3 is 1. The number of anilines is 2. The van der Waals surface area contributed by atoms with E-state index in [2.05, 4.69) is 37.7 Å². The molecule has 1 fully saturated rings. The van der Waals surface area contributed by atoms with Crippen molar-refractivity contribution in [2.75, 3.05) is 31.2 Å². The van der Waals surface area contributed by atoms with Crippen LogP contribution in [0.5, 0.6) is 5.75 Å². The Morgan fingerprint density at radius 3 is 2.61 bits per heavy atom. The molecule has 5 aromatic rings. The van der Waals surface area contributed by atoms with Crippen LogP contribution in [-0.4, -0.2) is 50.8 Å². The summed E-state index contributed by atoms with van der Waals surface area (Å²) in [5.74, 6) is -1.73. The highest BCUT2D eigenvalue weighted by atomic mass is 32.1. The van der Waals surface area contributed by atoms with E-state index in [1.165, 1.54) is 18.3 Å². The number of hydrogen-bond donors (Lipinski definition) is 2. The Labute approximate surface area is 253 Å². The topological polar surface area (TPSA) is 111 Å². The molecular formula is C30H27F4N7O2S. The molecule has 3 aromatic heterocycles. The quantitative estimate of drug-likeness (QED) is 0.202. The number of nitrogens with zero attached hydrogens (tertiary/aromatic N) is 5. The Kier molecular flexibility index (Phi) is 7.95. The van der Waals surface area contributed by atoms with Gasteiger partial charge in [0.1, 0.15) is 29.4 Å². The largest absolute Gasteiger partial charge is 0.495 e. The van der Waals surface area contributed by atoms with Crippen LogP contribution in [0.2, 0.25) is 0 Å². The van der Waals surface area contributed by atoms with E-state index in [-0.39, 0.29) is 29.4 Å². The minimum Gasteiger partial charge on any atom is -0.495 e. The molecule has 228 valence electrons. The third-order valence-electron chi connectivity index (χ3n) is 7.64. The number of fused-ring (bicyclic) bond motifs is 1. The average Bonchev–Trinajstić information content (AvgIpc) is 3.66. The summed E-state index contributed by atoms with van der Waals surface area (Å²) in [6.45, 7) is 2.72. The molecule has 2 aromatic carbocycles. The number of hydrogen-bond acceptors (Lipinski definition) is 8. The highest BCUT2D eigenvalue weighted by Crippen LogP contribution is 2.38. The summed E-state index contributed by atoms with van der Waals surface area (Å²) in [6.07, 6.45) is -1.58. The number of carbonyl (C=O) groups excluding carboxylic acids is 1. The van der Waals surface area contributed by atoms with Crippen molar-refractivity contribution in [3.8, 4) is 17.0 Å². The van der Waals surface area contributed by atoms with E-state index in [1.54, 1.807) is 29.5 Å². The van der Waals surface area contributed by atoms with E-state index >= 15 is 0 Å². The number of nitrogen functional groups attached to an aromatic ring is 1. The first-order chi connectivity index (χ1) is 21.1. The van der Waals surface area contributed by atoms with E-state index in [0.29, 0.717) is 28.4 Å². The normalized spacial score (nSPS) is 14.7. The van der Waals surface area contributed by atoms with Gasteiger partial charge in [0.2, 0.25) is 0 Å². The fourth-order valence-electron chi connectivity index (χ4n) is 5.40. The van der Waals surface area contributed by atoms with Gasteiger partial charge in [-0.2, -0.15) is 18.3 Å². The molecule has 1 aliphatic rings. The lowest BCUT2D eigenvalue weighted by Crippen LogP contribution is -2.34. The van der Waals surface area contributed by atoms with Crippen LogP contribution in [0.3, 0.4) is 0 Å². The number of alkyl halides is 3. The molecule has 0 radical (unpaired) electrons. The lowest BCUT2D eigenvalue weighted by molar-refractivity contribution is -0.137. The van der Waals surface area contributed by atoms with Gasteiger partial charge < -0.3 is 15.8 Å². The van der Waals surface area contributed by atoms with Gasteiger partial charge in [-0.15, -0.1) is 11.3 Å². The number of rotatable bonds is 7. The minimum atomic E-state index is -4.73. The van der Waals surface area contributed by atoms with E-state index < -0.39 is 29.0 Å². The molecule has 3 N–H and O–H groups in total. The summed E-state index contributed by atoms with van der Waals surface area (Å²) in [5.41, 5.74) is 6.52. The molecule has 1 aliphatic heterocycles. The molecule has 9 nitrogen and oxygen atoms in total. The highest BCUT2D eigenvalue weighted by molar-refractivity contribution is 7.09. The number of piperidine rings is 1. The van der Waals surface area contributed by atoms with Gasteiger partial charge in [-0.05, 0) is 54.6 Å². The van der Waals surface area contributed by atoms with E-state index in [0.717, 1.165) is 38.5 Å². The first kappa shape index (κ1) is 29.5. The third kappa shape index (κ3) is 5.82. The zero-order valence-electron chi connectivity index (χ0n) is 23.4. The van der Waals surface area contributed by atoms with Crippen molar-refractivity contribution in [3.63, 3.8) is 0 Å². The second-order valence-electron chi connectivity index (χ2n) is 10.4. The zero-order chi connectivity index (χ0) is 31.0. The van der Waals surface area contributed by atoms with E-state index in [4.69, 9.17) is 15.6 Å². The van der Waals surface area contributed by atoms with Crippen molar-refractivity contribution in [2.24, 2.45) is 0 Å². The van der Waals surface area contributed by atoms with E-state index in [1.807, 2.05) is 4.68 Å². The number of benzene rings is 2. The molecule has 14 heteroatoms. The summed E-state index contributed by atoms with van der Waals surface area (Å²) >= 11 is 1.75. The molecule has 0 bridgehead atoms. The first-order valence-corrected chi connectivity index (χ1v) is 14.6. The van der Waals surface area contributed by atoms with Gasteiger partial charge in [-0.1, -0.05) is 12.1 Å². The molecule has 0 saturated carbocycles. The van der Waals surface area contributed by atoms with E-state index in [9.17, 15) is 22.4 Å². The van der Waals surface area contributed by atoms with Crippen molar-refractivity contribution in [2.45, 2.75) is 31.6 Å². The summed E-state index contributed by atoms with van der Waals surface area (Å²) in [5, 5.41) is 10.1. The van der Waals surface area contributed by atoms with Crippen molar-refractivity contribution < 1.29 is 27.1 Å². The SMILES string of the molecule is COc1cc(-c2nn(C3CCN(Cc4cccs4)CC3)c3ncnc(N)c23)ccc1NC(=O)c1ccc(C(F)(F)F)cc1F. The van der Waals surface area contributed by atoms with Gasteiger partial charge in [0.05, 0.1) is 35.4 Å². The summed E-state index contributed by atoms with van der Waals surface area (Å²) < 4.78 is 60.6. The van der Waals surface area contributed by atoms with Crippen LogP contribution >= 0.6 is 11.3 Å². The number of thiophene rings is 1. The number of nitrogens with one attached hydrogen (secondary N) is 1. The van der Waals surface area contributed by atoms with Gasteiger partial charge in [-0.25, -0.2) is 19.0 Å². The van der Waals surface area contributed by atoms with Crippen LogP contribution in [-0.2, 0) is 12.7 Å². The van der Waals surface area contributed by atoms with Crippen molar-refractivity contribution >= 4 is 39.8 Å². The standard InChI is InChI=1S/C30H27F4N7O2S/c1-43-24-13-17(4-7-23(24)38-29(42)21-6-5-18(14-22(21)31)30(32,33)34)26-25-27(35)36-16-37-28(25)41(39-26)19-8-10-40(11-9-19)15-20-3-2-12-44-20/h2-7,12-14,16,19H,8-11,15H2,1H3,(H,38,42)(H2,35,36,37). The Hall–Kier alpha value is -4.56. The second kappa shape index (κ2) is 11.8. The number of likely N-dealkylation sites (tertiary alicyclic amines) is 1. The van der Waals surface area contributed by atoms with Crippen LogP contribution in [0.15, 0.2) is 60.2 Å². The van der Waals surface area contributed by atoms with Crippen LogP contribution in [0.4, 0.5) is 29.1 Å². The Morgan fingerprint density at radius 1 is 1.14 bits per heavy atom. The molecule has 1 saturated heterocycles. The Bertz CT molecular complexity index is 1820. The highest BCUT2D eigenvalue weighted by Gasteiger charge is 2.32. The molecule has 6 rings (SSSR count). The summed E-state index contributed by atoms with van der Waals surface area (Å²) in [6, 6.07) is 10.9. The lowest BCUT2D eigenvalue weighted by Gasteiger charge is -2.31. The molecule has 0 atom stereocenters. The van der Waals surface area contributed by atoms with Crippen molar-refractivity contribution in [3.05, 3.63) is 82.1 Å². The number of nitrogens with two attached hydrogens (primary N) is 1. The van der Waals surface area contributed by atoms with Crippen LogP contribution in [0.25, 0.3) is 22.3 Å². The predicted octanol–water partition coefficient (Wildman–Crippen LogP) is 6.39. The average molecular weight is 626 g/mol. The lowest BCUT2D eigenvalue weighted by atomic mass is 10.1. The number of amides is 1. The monoisotopic (exact) mass is 625 g/mol. The Balaban J connectivity index is 1.26. The fraction of sp³-hybridized carbons (Fsp3) is 0.267. The molecular weight excluding hydrogens is 598 g/mol. The molecule has 0 aliphatic carbocycles.